The highest BCUT2D eigenvalue weighted by Crippen LogP contribution is 2.57. The summed E-state index contributed by atoms with van der Waals surface area (Å²) in [5, 5.41) is 9.65. The highest BCUT2D eigenvalue weighted by molar-refractivity contribution is 5.04. The van der Waals surface area contributed by atoms with E-state index in [1.165, 1.54) is 6.42 Å². The summed E-state index contributed by atoms with van der Waals surface area (Å²) < 4.78 is 10.8. The second-order valence-electron chi connectivity index (χ2n) is 4.70. The van der Waals surface area contributed by atoms with Gasteiger partial charge in [-0.05, 0) is 24.7 Å². The van der Waals surface area contributed by atoms with Gasteiger partial charge in [-0.1, -0.05) is 6.58 Å². The van der Waals surface area contributed by atoms with Gasteiger partial charge in [-0.2, -0.15) is 0 Å². The first-order valence-corrected chi connectivity index (χ1v) is 5.37. The largest absolute Gasteiger partial charge is 0.498 e. The summed E-state index contributed by atoms with van der Waals surface area (Å²) in [4.78, 5) is 0. The van der Waals surface area contributed by atoms with Crippen LogP contribution in [-0.4, -0.2) is 24.1 Å². The second-order valence-corrected chi connectivity index (χ2v) is 4.70. The van der Waals surface area contributed by atoms with Gasteiger partial charge in [0, 0.05) is 11.8 Å². The van der Waals surface area contributed by atoms with Crippen molar-refractivity contribution in [2.24, 2.45) is 23.7 Å². The van der Waals surface area contributed by atoms with Gasteiger partial charge < -0.3 is 14.6 Å². The molecule has 6 atom stereocenters. The van der Waals surface area contributed by atoms with Crippen LogP contribution in [0.25, 0.3) is 0 Å². The molecule has 3 aliphatic rings. The smallest absolute Gasteiger partial charge is 0.157 e. The third-order valence-corrected chi connectivity index (χ3v) is 4.24. The minimum Gasteiger partial charge on any atom is -0.498 e. The molecular weight excluding hydrogens is 180 g/mol. The van der Waals surface area contributed by atoms with Gasteiger partial charge in [0.2, 0.25) is 0 Å². The maximum Gasteiger partial charge on any atom is 0.157 e. The molecule has 3 rings (SSSR count). The molecule has 0 aromatic rings. The van der Waals surface area contributed by atoms with Gasteiger partial charge >= 0.3 is 0 Å². The van der Waals surface area contributed by atoms with Crippen molar-refractivity contribution in [3.05, 3.63) is 12.8 Å². The number of rotatable bonds is 2. The maximum absolute atomic E-state index is 9.65. The summed E-state index contributed by atoms with van der Waals surface area (Å²) in [5.41, 5.74) is 0. The molecule has 14 heavy (non-hydrogen) atoms. The Morgan fingerprint density at radius 1 is 1.36 bits per heavy atom. The van der Waals surface area contributed by atoms with Crippen molar-refractivity contribution in [2.45, 2.75) is 25.2 Å². The summed E-state index contributed by atoms with van der Waals surface area (Å²) in [5.74, 6) is 2.09. The first-order valence-electron chi connectivity index (χ1n) is 5.37. The zero-order valence-corrected chi connectivity index (χ0v) is 8.13. The molecular formula is C11H16O3. The Morgan fingerprint density at radius 3 is 3.00 bits per heavy atom. The quantitative estimate of drug-likeness (QED) is 0.673. The lowest BCUT2D eigenvalue weighted by atomic mass is 9.79. The van der Waals surface area contributed by atoms with E-state index in [-0.39, 0.29) is 0 Å². The van der Waals surface area contributed by atoms with E-state index in [1.54, 1.807) is 6.26 Å². The average Bonchev–Trinajstić information content (AvgIpc) is 2.78. The molecule has 2 saturated carbocycles. The van der Waals surface area contributed by atoms with Crippen LogP contribution in [0.3, 0.4) is 0 Å². The zero-order chi connectivity index (χ0) is 9.71. The fourth-order valence-electron chi connectivity index (χ4n) is 3.75. The third kappa shape index (κ3) is 0.997. The first-order chi connectivity index (χ1) is 6.81. The Kier molecular flexibility index (Phi) is 1.86. The van der Waals surface area contributed by atoms with Crippen molar-refractivity contribution < 1.29 is 14.6 Å². The summed E-state index contributed by atoms with van der Waals surface area (Å²) in [6.07, 6.45) is 3.63. The highest BCUT2D eigenvalue weighted by atomic mass is 16.6. The Bertz CT molecular complexity index is 253. The second kappa shape index (κ2) is 2.97. The molecule has 6 unspecified atom stereocenters. The lowest BCUT2D eigenvalue weighted by Gasteiger charge is -2.30. The SMILES string of the molecule is C=COC1CC2CC1C1COC(O)C21. The van der Waals surface area contributed by atoms with Crippen LogP contribution in [0.15, 0.2) is 12.8 Å². The van der Waals surface area contributed by atoms with E-state index in [4.69, 9.17) is 9.47 Å². The molecule has 1 N–H and O–H groups in total. The van der Waals surface area contributed by atoms with Crippen molar-refractivity contribution in [2.75, 3.05) is 6.61 Å². The molecule has 0 aromatic carbocycles. The summed E-state index contributed by atoms with van der Waals surface area (Å²) >= 11 is 0. The molecule has 3 fully saturated rings. The van der Waals surface area contributed by atoms with E-state index < -0.39 is 6.29 Å². The van der Waals surface area contributed by atoms with Crippen molar-refractivity contribution in [1.29, 1.82) is 0 Å². The van der Waals surface area contributed by atoms with E-state index in [0.29, 0.717) is 36.4 Å². The van der Waals surface area contributed by atoms with Crippen molar-refractivity contribution in [1.82, 2.24) is 0 Å². The Labute approximate surface area is 83.7 Å². The molecule has 2 aliphatic carbocycles. The van der Waals surface area contributed by atoms with Crippen LogP contribution in [0, 0.1) is 23.7 Å². The minimum atomic E-state index is -0.514. The topological polar surface area (TPSA) is 38.7 Å². The van der Waals surface area contributed by atoms with E-state index in [1.807, 2.05) is 0 Å². The van der Waals surface area contributed by atoms with E-state index in [0.717, 1.165) is 6.42 Å². The number of hydrogen-bond acceptors (Lipinski definition) is 3. The van der Waals surface area contributed by atoms with Gasteiger partial charge in [0.25, 0.3) is 0 Å². The van der Waals surface area contributed by atoms with Gasteiger partial charge in [-0.3, -0.25) is 0 Å². The predicted octanol–water partition coefficient (Wildman–Crippen LogP) is 1.14. The Morgan fingerprint density at radius 2 is 2.21 bits per heavy atom. The molecule has 3 nitrogen and oxygen atoms in total. The standard InChI is InChI=1S/C11H16O3/c1-2-13-9-4-6-3-7(9)8-5-14-11(12)10(6)8/h2,6-12H,1,3-5H2. The molecule has 1 heterocycles. The van der Waals surface area contributed by atoms with Crippen molar-refractivity contribution in [3.8, 4) is 0 Å². The van der Waals surface area contributed by atoms with Crippen molar-refractivity contribution in [3.63, 3.8) is 0 Å². The number of fused-ring (bicyclic) bond motifs is 5. The fraction of sp³-hybridized carbons (Fsp3) is 0.818. The van der Waals surface area contributed by atoms with Crippen LogP contribution in [0.2, 0.25) is 0 Å². The van der Waals surface area contributed by atoms with Gasteiger partial charge in [0.05, 0.1) is 12.9 Å². The molecule has 0 aromatic heterocycles. The summed E-state index contributed by atoms with van der Waals surface area (Å²) in [6.45, 7) is 4.32. The highest BCUT2D eigenvalue weighted by Gasteiger charge is 2.58. The van der Waals surface area contributed by atoms with Crippen LogP contribution < -0.4 is 0 Å². The summed E-state index contributed by atoms with van der Waals surface area (Å²) in [6, 6.07) is 0. The number of aliphatic hydroxyl groups is 1. The van der Waals surface area contributed by atoms with Gasteiger partial charge in [0.15, 0.2) is 6.29 Å². The molecule has 0 spiro atoms. The zero-order valence-electron chi connectivity index (χ0n) is 8.13. The van der Waals surface area contributed by atoms with E-state index in [9.17, 15) is 5.11 Å². The van der Waals surface area contributed by atoms with Crippen LogP contribution in [-0.2, 0) is 9.47 Å². The molecule has 3 heteroatoms. The maximum atomic E-state index is 9.65. The molecule has 1 saturated heterocycles. The molecule has 2 bridgehead atoms. The van der Waals surface area contributed by atoms with Gasteiger partial charge in [-0.25, -0.2) is 0 Å². The Hall–Kier alpha value is -0.540. The minimum absolute atomic E-state index is 0.327. The molecule has 0 amide bonds. The normalized spacial score (nSPS) is 54.6. The fourth-order valence-corrected chi connectivity index (χ4v) is 3.75. The van der Waals surface area contributed by atoms with Crippen LogP contribution in [0.5, 0.6) is 0 Å². The molecule has 0 radical (unpaired) electrons. The molecule has 1 aliphatic heterocycles. The van der Waals surface area contributed by atoms with Crippen LogP contribution in [0.1, 0.15) is 12.8 Å². The molecule has 78 valence electrons. The summed E-state index contributed by atoms with van der Waals surface area (Å²) in [7, 11) is 0. The number of hydrogen-bond donors (Lipinski definition) is 1. The number of ether oxygens (including phenoxy) is 2. The first kappa shape index (κ1) is 8.74. The lowest BCUT2D eigenvalue weighted by molar-refractivity contribution is -0.0932. The Balaban J connectivity index is 1.78. The van der Waals surface area contributed by atoms with E-state index in [2.05, 4.69) is 6.58 Å². The monoisotopic (exact) mass is 196 g/mol. The van der Waals surface area contributed by atoms with Gasteiger partial charge in [0.1, 0.15) is 6.10 Å². The third-order valence-electron chi connectivity index (χ3n) is 4.24. The van der Waals surface area contributed by atoms with Gasteiger partial charge in [-0.15, -0.1) is 0 Å². The average molecular weight is 196 g/mol. The lowest BCUT2D eigenvalue weighted by Crippen LogP contribution is -2.33. The van der Waals surface area contributed by atoms with Crippen LogP contribution >= 0.6 is 0 Å². The van der Waals surface area contributed by atoms with E-state index >= 15 is 0 Å². The number of aliphatic hydroxyl groups excluding tert-OH is 1. The van der Waals surface area contributed by atoms with Crippen LogP contribution in [0.4, 0.5) is 0 Å². The van der Waals surface area contributed by atoms with Crippen molar-refractivity contribution >= 4 is 0 Å². The predicted molar refractivity (Wildman–Crippen MR) is 50.2 cm³/mol.